The summed E-state index contributed by atoms with van der Waals surface area (Å²) in [6, 6.07) is 24.1. The smallest absolute Gasteiger partial charge is 0.278 e. The molecule has 5 aromatic rings. The molecule has 0 amide bonds. The molecule has 0 N–H and O–H groups in total. The number of carbonyl (C=O) groups is 1. The number of halogens is 1. The fraction of sp³-hybridized carbons (Fsp3) is 0.111. The van der Waals surface area contributed by atoms with Gasteiger partial charge in [-0.15, -0.1) is 0 Å². The Bertz CT molecular complexity index is 1670. The number of thiazole rings is 1. The summed E-state index contributed by atoms with van der Waals surface area (Å²) in [5, 5.41) is 0.991. The average molecular weight is 550 g/mol. The fourth-order valence-electron chi connectivity index (χ4n) is 3.79. The second kappa shape index (κ2) is 10.5. The summed E-state index contributed by atoms with van der Waals surface area (Å²) < 4.78 is 4.39. The summed E-state index contributed by atoms with van der Waals surface area (Å²) in [4.78, 5) is 31.5. The zero-order valence-electron chi connectivity index (χ0n) is 19.2. The fourth-order valence-corrected chi connectivity index (χ4v) is 6.12. The predicted molar refractivity (Wildman–Crippen MR) is 151 cm³/mol. The third kappa shape index (κ3) is 4.82. The molecule has 0 radical (unpaired) electrons. The van der Waals surface area contributed by atoms with Gasteiger partial charge < -0.3 is 0 Å². The normalized spacial score (nSPS) is 11.2. The molecule has 0 aliphatic rings. The number of benzene rings is 3. The van der Waals surface area contributed by atoms with Gasteiger partial charge >= 0.3 is 0 Å². The molecule has 2 heterocycles. The number of rotatable bonds is 7. The largest absolute Gasteiger partial charge is 0.293 e. The van der Waals surface area contributed by atoms with E-state index >= 15 is 0 Å². The number of fused-ring (bicyclic) bond motifs is 1. The molecule has 9 heteroatoms. The highest BCUT2D eigenvalue weighted by atomic mass is 35.5. The molecule has 0 spiro atoms. The molecule has 0 saturated carbocycles. The number of carbonyl (C=O) groups excluding carboxylic acids is 1. The van der Waals surface area contributed by atoms with Crippen LogP contribution in [0, 0.1) is 3.95 Å². The molecule has 0 bridgehead atoms. The number of nitrogens with zero attached hydrogens (tertiary/aromatic N) is 3. The number of para-hydroxylation sites is 1. The van der Waals surface area contributed by atoms with Crippen LogP contribution in [0.1, 0.15) is 22.8 Å². The number of thioether (sulfide) groups is 1. The Hall–Kier alpha value is -3.04. The van der Waals surface area contributed by atoms with Gasteiger partial charge in [0.25, 0.3) is 5.56 Å². The second-order valence-corrected chi connectivity index (χ2v) is 11.0. The van der Waals surface area contributed by atoms with Gasteiger partial charge in [0, 0.05) is 16.3 Å². The van der Waals surface area contributed by atoms with Crippen LogP contribution in [0.5, 0.6) is 0 Å². The minimum absolute atomic E-state index is 0.0806. The first-order chi connectivity index (χ1) is 17.5. The Morgan fingerprint density at radius 1 is 0.972 bits per heavy atom. The van der Waals surface area contributed by atoms with Crippen LogP contribution in [0.4, 0.5) is 0 Å². The van der Waals surface area contributed by atoms with E-state index in [1.54, 1.807) is 28.8 Å². The Morgan fingerprint density at radius 2 is 1.64 bits per heavy atom. The second-order valence-electron chi connectivity index (χ2n) is 7.97. The molecule has 3 aromatic carbocycles. The number of aryl methyl sites for hydroxylation is 1. The Balaban J connectivity index is 1.64. The molecule has 5 nitrogen and oxygen atoms in total. The molecule has 0 saturated heterocycles. The van der Waals surface area contributed by atoms with Crippen molar-refractivity contribution in [2.75, 3.05) is 5.75 Å². The lowest BCUT2D eigenvalue weighted by molar-refractivity contribution is 0.102. The quantitative estimate of drug-likeness (QED) is 0.0933. The maximum Gasteiger partial charge on any atom is 0.278 e. The number of Topliss-reactive ketones (excluding diaryl/α,β-unsaturated/α-hetero) is 1. The van der Waals surface area contributed by atoms with Crippen molar-refractivity contribution in [1.82, 2.24) is 14.1 Å². The van der Waals surface area contributed by atoms with Gasteiger partial charge in [0.05, 0.1) is 11.4 Å². The first-order valence-corrected chi connectivity index (χ1v) is 13.8. The predicted octanol–water partition coefficient (Wildman–Crippen LogP) is 7.16. The standard InChI is InChI=1S/C27H20ClN3O2S3/c1-2-17-8-14-21(15-9-17)30-24-23(36-27(30)34)25(33)31(20-6-4-3-5-7-20)26(29-24)35-16-22(32)18-10-12-19(28)13-11-18/h3-15H,2,16H2,1H3. The van der Waals surface area contributed by atoms with Crippen molar-refractivity contribution in [1.29, 1.82) is 0 Å². The van der Waals surface area contributed by atoms with Gasteiger partial charge in [0.2, 0.25) is 0 Å². The topological polar surface area (TPSA) is 56.9 Å². The van der Waals surface area contributed by atoms with E-state index in [4.69, 9.17) is 28.8 Å². The van der Waals surface area contributed by atoms with Gasteiger partial charge in [-0.25, -0.2) is 4.98 Å². The molecular formula is C27H20ClN3O2S3. The Morgan fingerprint density at radius 3 is 2.31 bits per heavy atom. The van der Waals surface area contributed by atoms with Gasteiger partial charge in [-0.3, -0.25) is 18.7 Å². The molecule has 180 valence electrons. The van der Waals surface area contributed by atoms with Crippen molar-refractivity contribution in [3.63, 3.8) is 0 Å². The van der Waals surface area contributed by atoms with Crippen LogP contribution in [0.25, 0.3) is 21.7 Å². The summed E-state index contributed by atoms with van der Waals surface area (Å²) in [6.45, 7) is 2.10. The van der Waals surface area contributed by atoms with E-state index in [-0.39, 0.29) is 17.1 Å². The van der Waals surface area contributed by atoms with Crippen molar-refractivity contribution in [3.05, 3.63) is 109 Å². The maximum absolute atomic E-state index is 13.8. The SMILES string of the molecule is CCc1ccc(-n2c(=S)sc3c(=O)n(-c4ccccc4)c(SCC(=O)c4ccc(Cl)cc4)nc32)cc1. The van der Waals surface area contributed by atoms with E-state index in [9.17, 15) is 9.59 Å². The van der Waals surface area contributed by atoms with E-state index in [0.717, 1.165) is 12.1 Å². The van der Waals surface area contributed by atoms with E-state index in [1.807, 2.05) is 59.2 Å². The highest BCUT2D eigenvalue weighted by Crippen LogP contribution is 2.28. The molecule has 2 aromatic heterocycles. The Labute approximate surface area is 226 Å². The van der Waals surface area contributed by atoms with E-state index in [2.05, 4.69) is 6.92 Å². The van der Waals surface area contributed by atoms with Crippen molar-refractivity contribution < 1.29 is 4.79 Å². The van der Waals surface area contributed by atoms with Gasteiger partial charge in [0.15, 0.2) is 20.5 Å². The van der Waals surface area contributed by atoms with Crippen LogP contribution in [-0.2, 0) is 6.42 Å². The number of ketones is 1. The molecular weight excluding hydrogens is 530 g/mol. The average Bonchev–Trinajstić information content (AvgIpc) is 3.24. The first kappa shape index (κ1) is 24.6. The monoisotopic (exact) mass is 549 g/mol. The van der Waals surface area contributed by atoms with E-state index < -0.39 is 0 Å². The number of hydrogen-bond donors (Lipinski definition) is 0. The lowest BCUT2D eigenvalue weighted by Crippen LogP contribution is -2.22. The van der Waals surface area contributed by atoms with Crippen LogP contribution in [0.3, 0.4) is 0 Å². The summed E-state index contributed by atoms with van der Waals surface area (Å²) in [7, 11) is 0. The number of hydrogen-bond acceptors (Lipinski definition) is 6. The maximum atomic E-state index is 13.8. The molecule has 0 fully saturated rings. The third-order valence-electron chi connectivity index (χ3n) is 5.69. The summed E-state index contributed by atoms with van der Waals surface area (Å²) in [6.07, 6.45) is 0.929. The molecule has 0 unspecified atom stereocenters. The van der Waals surface area contributed by atoms with Crippen molar-refractivity contribution >= 4 is 63.0 Å². The summed E-state index contributed by atoms with van der Waals surface area (Å²) in [5.41, 5.74) is 3.57. The van der Waals surface area contributed by atoms with Crippen LogP contribution >= 0.6 is 46.9 Å². The van der Waals surface area contributed by atoms with Crippen LogP contribution < -0.4 is 5.56 Å². The first-order valence-electron chi connectivity index (χ1n) is 11.2. The molecule has 0 aliphatic carbocycles. The highest BCUT2D eigenvalue weighted by molar-refractivity contribution is 7.99. The van der Waals surface area contributed by atoms with Gasteiger partial charge in [0.1, 0.15) is 4.70 Å². The lowest BCUT2D eigenvalue weighted by Gasteiger charge is -2.13. The molecule has 0 atom stereocenters. The zero-order chi connectivity index (χ0) is 25.2. The minimum atomic E-state index is -0.215. The summed E-state index contributed by atoms with van der Waals surface area (Å²) >= 11 is 14.1. The lowest BCUT2D eigenvalue weighted by atomic mass is 10.1. The van der Waals surface area contributed by atoms with E-state index in [0.29, 0.717) is 35.7 Å². The summed E-state index contributed by atoms with van der Waals surface area (Å²) in [5.74, 6) is 0.0330. The van der Waals surface area contributed by atoms with Crippen LogP contribution in [0.15, 0.2) is 88.8 Å². The van der Waals surface area contributed by atoms with Gasteiger partial charge in [-0.1, -0.05) is 72.0 Å². The zero-order valence-corrected chi connectivity index (χ0v) is 22.4. The van der Waals surface area contributed by atoms with Gasteiger partial charge in [-0.2, -0.15) is 0 Å². The molecule has 36 heavy (non-hydrogen) atoms. The van der Waals surface area contributed by atoms with Crippen LogP contribution in [0.2, 0.25) is 5.02 Å². The third-order valence-corrected chi connectivity index (χ3v) is 8.23. The van der Waals surface area contributed by atoms with Crippen molar-refractivity contribution in [2.45, 2.75) is 18.5 Å². The highest BCUT2D eigenvalue weighted by Gasteiger charge is 2.20. The molecule has 0 aliphatic heterocycles. The van der Waals surface area contributed by atoms with Crippen molar-refractivity contribution in [2.24, 2.45) is 0 Å². The minimum Gasteiger partial charge on any atom is -0.293 e. The van der Waals surface area contributed by atoms with E-state index in [1.165, 1.54) is 28.7 Å². The molecule has 5 rings (SSSR count). The van der Waals surface area contributed by atoms with Gasteiger partial charge in [-0.05, 0) is 72.7 Å². The van der Waals surface area contributed by atoms with Crippen molar-refractivity contribution in [3.8, 4) is 11.4 Å². The van der Waals surface area contributed by atoms with Crippen LogP contribution in [-0.4, -0.2) is 25.7 Å². The number of aromatic nitrogens is 3. The Kier molecular flexibility index (Phi) is 7.20.